The van der Waals surface area contributed by atoms with Crippen molar-refractivity contribution in [2.24, 2.45) is 0 Å². The molecule has 0 spiro atoms. The van der Waals surface area contributed by atoms with Crippen LogP contribution in [-0.2, 0) is 5.41 Å². The summed E-state index contributed by atoms with van der Waals surface area (Å²) in [6, 6.07) is 46.6. The third-order valence-electron chi connectivity index (χ3n) is 8.12. The molecule has 0 amide bonds. The summed E-state index contributed by atoms with van der Waals surface area (Å²) in [5.41, 5.74) is 13.5. The smallest absolute Gasteiger partial charge is 0.0982 e. The predicted octanol–water partition coefficient (Wildman–Crippen LogP) is 10.7. The van der Waals surface area contributed by atoms with E-state index >= 15 is 0 Å². The van der Waals surface area contributed by atoms with E-state index in [1.165, 1.54) is 5.56 Å². The molecule has 0 fully saturated rings. The second-order valence-electron chi connectivity index (χ2n) is 12.1. The third kappa shape index (κ3) is 5.18. The maximum atomic E-state index is 5.57. The van der Waals surface area contributed by atoms with Crippen molar-refractivity contribution in [2.45, 2.75) is 26.2 Å². The number of pyridine rings is 1. The molecule has 0 aliphatic rings. The Bertz CT molecular complexity index is 2050. The largest absolute Gasteiger partial charge is 0.265 e. The second kappa shape index (κ2) is 11.3. The number of fused-ring (bicyclic) bond motifs is 1. The van der Waals surface area contributed by atoms with Crippen LogP contribution in [0.1, 0.15) is 26.3 Å². The fourth-order valence-corrected chi connectivity index (χ4v) is 5.90. The summed E-state index contributed by atoms with van der Waals surface area (Å²) in [4.78, 5) is 15.3. The maximum absolute atomic E-state index is 5.57. The number of hydrogen-bond donors (Lipinski definition) is 0. The van der Waals surface area contributed by atoms with Crippen LogP contribution in [0.5, 0.6) is 0 Å². The van der Waals surface area contributed by atoms with Crippen molar-refractivity contribution in [1.82, 2.24) is 15.0 Å². The lowest BCUT2D eigenvalue weighted by atomic mass is 9.79. The molecule has 7 rings (SSSR count). The molecule has 5 aromatic carbocycles. The minimum Gasteiger partial charge on any atom is -0.265 e. The SMILES string of the molecule is CC(C)(C)c1cc(-c2ccccc2)c2nc(-c3ccc(-c4ccncc4)cc3)c(-c3ccccc3)nc2c1-c1ccccc1. The van der Waals surface area contributed by atoms with Gasteiger partial charge in [-0.25, -0.2) is 9.97 Å². The normalized spacial score (nSPS) is 11.5. The topological polar surface area (TPSA) is 38.7 Å². The standard InChI is InChI=1S/C41H33N3/c1-41(2,3)35-27-34(30-13-7-4-8-14-30)39-40(36(35)31-15-9-5-10-16-31)44-37(32-17-11-6-12-18-32)38(43-39)33-21-19-28(20-22-33)29-23-25-42-26-24-29/h4-27H,1-3H3. The van der Waals surface area contributed by atoms with Gasteiger partial charge in [0.25, 0.3) is 0 Å². The molecule has 0 aliphatic heterocycles. The molecule has 0 saturated carbocycles. The average molecular weight is 568 g/mol. The summed E-state index contributed by atoms with van der Waals surface area (Å²) in [5, 5.41) is 0. The van der Waals surface area contributed by atoms with Crippen molar-refractivity contribution in [3.05, 3.63) is 151 Å². The van der Waals surface area contributed by atoms with Gasteiger partial charge in [-0.2, -0.15) is 0 Å². The number of rotatable bonds is 5. The zero-order valence-corrected chi connectivity index (χ0v) is 25.2. The second-order valence-corrected chi connectivity index (χ2v) is 12.1. The molecule has 0 bridgehead atoms. The van der Waals surface area contributed by atoms with Crippen LogP contribution in [0.2, 0.25) is 0 Å². The van der Waals surface area contributed by atoms with Crippen LogP contribution in [0, 0.1) is 0 Å². The average Bonchev–Trinajstić information content (AvgIpc) is 3.08. The van der Waals surface area contributed by atoms with Crippen LogP contribution in [0.25, 0.3) is 66.9 Å². The van der Waals surface area contributed by atoms with E-state index in [2.05, 4.69) is 141 Å². The molecule has 7 aromatic rings. The van der Waals surface area contributed by atoms with Gasteiger partial charge in [0.15, 0.2) is 0 Å². The number of nitrogens with zero attached hydrogens (tertiary/aromatic N) is 3. The lowest BCUT2D eigenvalue weighted by Gasteiger charge is -2.26. The fourth-order valence-electron chi connectivity index (χ4n) is 5.90. The first-order valence-electron chi connectivity index (χ1n) is 15.0. The van der Waals surface area contributed by atoms with Crippen molar-refractivity contribution in [3.8, 4) is 55.9 Å². The Kier molecular flexibility index (Phi) is 7.07. The van der Waals surface area contributed by atoms with Crippen LogP contribution in [-0.4, -0.2) is 15.0 Å². The van der Waals surface area contributed by atoms with Crippen molar-refractivity contribution in [1.29, 1.82) is 0 Å². The minimum absolute atomic E-state index is 0.126. The highest BCUT2D eigenvalue weighted by atomic mass is 14.8. The Morgan fingerprint density at radius 3 is 1.45 bits per heavy atom. The predicted molar refractivity (Wildman–Crippen MR) is 183 cm³/mol. The summed E-state index contributed by atoms with van der Waals surface area (Å²) in [6.45, 7) is 6.83. The minimum atomic E-state index is -0.126. The number of aromatic nitrogens is 3. The Morgan fingerprint density at radius 1 is 0.432 bits per heavy atom. The Hall–Kier alpha value is -5.41. The first-order valence-corrected chi connectivity index (χ1v) is 15.0. The molecule has 2 heterocycles. The van der Waals surface area contributed by atoms with Gasteiger partial charge in [0.2, 0.25) is 0 Å². The van der Waals surface area contributed by atoms with Crippen molar-refractivity contribution < 1.29 is 0 Å². The molecule has 44 heavy (non-hydrogen) atoms. The monoisotopic (exact) mass is 567 g/mol. The van der Waals surface area contributed by atoms with Gasteiger partial charge < -0.3 is 0 Å². The molecule has 0 radical (unpaired) electrons. The Labute approximate surface area is 259 Å². The van der Waals surface area contributed by atoms with E-state index in [4.69, 9.17) is 9.97 Å². The van der Waals surface area contributed by atoms with E-state index in [-0.39, 0.29) is 5.41 Å². The van der Waals surface area contributed by atoms with Gasteiger partial charge in [-0.3, -0.25) is 4.98 Å². The zero-order chi connectivity index (χ0) is 30.1. The Morgan fingerprint density at radius 2 is 0.886 bits per heavy atom. The molecular formula is C41H33N3. The first kappa shape index (κ1) is 27.4. The highest BCUT2D eigenvalue weighted by Crippen LogP contribution is 2.44. The van der Waals surface area contributed by atoms with E-state index in [0.717, 1.165) is 66.9 Å². The van der Waals surface area contributed by atoms with E-state index in [0.29, 0.717) is 0 Å². The zero-order valence-electron chi connectivity index (χ0n) is 25.2. The molecule has 3 heteroatoms. The lowest BCUT2D eigenvalue weighted by molar-refractivity contribution is 0.593. The van der Waals surface area contributed by atoms with E-state index < -0.39 is 0 Å². The molecule has 0 atom stereocenters. The van der Waals surface area contributed by atoms with Crippen LogP contribution in [0.4, 0.5) is 0 Å². The molecule has 3 nitrogen and oxygen atoms in total. The highest BCUT2D eigenvalue weighted by molar-refractivity contribution is 6.04. The first-order chi connectivity index (χ1) is 21.5. The van der Waals surface area contributed by atoms with Crippen LogP contribution in [0.15, 0.2) is 146 Å². The van der Waals surface area contributed by atoms with Gasteiger partial charge in [-0.1, -0.05) is 136 Å². The van der Waals surface area contributed by atoms with E-state index in [9.17, 15) is 0 Å². The molecule has 0 saturated heterocycles. The number of benzene rings is 5. The summed E-state index contributed by atoms with van der Waals surface area (Å²) < 4.78 is 0. The van der Waals surface area contributed by atoms with Crippen molar-refractivity contribution in [2.75, 3.05) is 0 Å². The lowest BCUT2D eigenvalue weighted by Crippen LogP contribution is -2.14. The fraction of sp³-hybridized carbons (Fsp3) is 0.0976. The summed E-state index contributed by atoms with van der Waals surface area (Å²) in [6.07, 6.45) is 3.65. The molecule has 2 aromatic heterocycles. The summed E-state index contributed by atoms with van der Waals surface area (Å²) in [7, 11) is 0. The Balaban J connectivity index is 1.58. The van der Waals surface area contributed by atoms with E-state index in [1.54, 1.807) is 0 Å². The molecular weight excluding hydrogens is 534 g/mol. The van der Waals surface area contributed by atoms with E-state index in [1.807, 2.05) is 30.6 Å². The third-order valence-corrected chi connectivity index (χ3v) is 8.12. The highest BCUT2D eigenvalue weighted by Gasteiger charge is 2.26. The van der Waals surface area contributed by atoms with Gasteiger partial charge in [0, 0.05) is 34.6 Å². The maximum Gasteiger partial charge on any atom is 0.0982 e. The molecule has 0 unspecified atom stereocenters. The van der Waals surface area contributed by atoms with Crippen LogP contribution in [0.3, 0.4) is 0 Å². The molecule has 212 valence electrons. The van der Waals surface area contributed by atoms with Crippen LogP contribution >= 0.6 is 0 Å². The summed E-state index contributed by atoms with van der Waals surface area (Å²) >= 11 is 0. The van der Waals surface area contributed by atoms with Crippen LogP contribution < -0.4 is 0 Å². The molecule has 0 aliphatic carbocycles. The van der Waals surface area contributed by atoms with Gasteiger partial charge in [-0.05, 0) is 51.4 Å². The van der Waals surface area contributed by atoms with Gasteiger partial charge in [-0.15, -0.1) is 0 Å². The van der Waals surface area contributed by atoms with Crippen molar-refractivity contribution in [3.63, 3.8) is 0 Å². The quantitative estimate of drug-likeness (QED) is 0.208. The van der Waals surface area contributed by atoms with Crippen molar-refractivity contribution >= 4 is 11.0 Å². The van der Waals surface area contributed by atoms with Gasteiger partial charge in [0.1, 0.15) is 0 Å². The van der Waals surface area contributed by atoms with Gasteiger partial charge >= 0.3 is 0 Å². The van der Waals surface area contributed by atoms with Gasteiger partial charge in [0.05, 0.1) is 22.4 Å². The number of hydrogen-bond acceptors (Lipinski definition) is 3. The summed E-state index contributed by atoms with van der Waals surface area (Å²) in [5.74, 6) is 0. The molecule has 0 N–H and O–H groups in total.